The number of rotatable bonds is 2. The molecule has 1 amide bonds. The van der Waals surface area contributed by atoms with Crippen LogP contribution >= 0.6 is 0 Å². The number of carbonyl (C=O) groups excluding carboxylic acids is 1. The number of hydrogen-bond donors (Lipinski definition) is 3. The lowest BCUT2D eigenvalue weighted by Crippen LogP contribution is -2.16. The van der Waals surface area contributed by atoms with Gasteiger partial charge in [-0.1, -0.05) is 0 Å². The third-order valence-corrected chi connectivity index (χ3v) is 2.79. The first-order valence-electron chi connectivity index (χ1n) is 6.10. The number of aromatic hydroxyl groups is 1. The summed E-state index contributed by atoms with van der Waals surface area (Å²) in [5.74, 6) is -0.368. The normalized spacial score (nSPS) is 10.7. The van der Waals surface area contributed by atoms with Gasteiger partial charge < -0.3 is 15.4 Å². The van der Waals surface area contributed by atoms with Crippen molar-refractivity contribution in [2.45, 2.75) is 6.92 Å². The second-order valence-corrected chi connectivity index (χ2v) is 4.46. The molecule has 0 bridgehead atoms. The molecule has 0 aliphatic carbocycles. The zero-order valence-electron chi connectivity index (χ0n) is 11.0. The van der Waals surface area contributed by atoms with Gasteiger partial charge in [-0.05, 0) is 31.2 Å². The van der Waals surface area contributed by atoms with E-state index in [1.807, 2.05) is 0 Å². The van der Waals surface area contributed by atoms with E-state index in [-0.39, 0.29) is 22.9 Å². The van der Waals surface area contributed by atoms with E-state index in [0.29, 0.717) is 11.4 Å². The molecule has 2 heterocycles. The smallest absolute Gasteiger partial charge is 0.295 e. The molecule has 8 heteroatoms. The molecule has 3 N–H and O–H groups in total. The number of aryl methyl sites for hydroxylation is 1. The predicted octanol–water partition coefficient (Wildman–Crippen LogP) is 0.684. The number of anilines is 1. The molecule has 21 heavy (non-hydrogen) atoms. The minimum Gasteiger partial charge on any atom is -0.508 e. The van der Waals surface area contributed by atoms with Gasteiger partial charge in [0, 0.05) is 17.4 Å². The van der Waals surface area contributed by atoms with Crippen LogP contribution < -0.4 is 10.9 Å². The van der Waals surface area contributed by atoms with Crippen LogP contribution in [0, 0.1) is 6.92 Å². The Kier molecular flexibility index (Phi) is 2.90. The molecule has 0 unspecified atom stereocenters. The summed E-state index contributed by atoms with van der Waals surface area (Å²) in [7, 11) is 0. The third kappa shape index (κ3) is 2.46. The highest BCUT2D eigenvalue weighted by atomic mass is 16.3. The number of carbonyl (C=O) groups is 1. The minimum atomic E-state index is -0.546. The van der Waals surface area contributed by atoms with E-state index >= 15 is 0 Å². The quantitative estimate of drug-likeness (QED) is 0.599. The van der Waals surface area contributed by atoms with Crippen molar-refractivity contribution in [3.8, 4) is 5.75 Å². The summed E-state index contributed by atoms with van der Waals surface area (Å²) in [5.41, 5.74) is 0.752. The number of amides is 1. The van der Waals surface area contributed by atoms with Crippen LogP contribution in [-0.4, -0.2) is 30.6 Å². The Morgan fingerprint density at radius 2 is 2.05 bits per heavy atom. The predicted molar refractivity (Wildman–Crippen MR) is 74.4 cm³/mol. The zero-order chi connectivity index (χ0) is 15.0. The topological polar surface area (TPSA) is 112 Å². The summed E-state index contributed by atoms with van der Waals surface area (Å²) in [4.78, 5) is 30.6. The van der Waals surface area contributed by atoms with Crippen molar-refractivity contribution in [2.75, 3.05) is 5.32 Å². The molecule has 1 aromatic carbocycles. The highest BCUT2D eigenvalue weighted by Gasteiger charge is 2.14. The summed E-state index contributed by atoms with van der Waals surface area (Å²) >= 11 is 0. The molecule has 106 valence electrons. The van der Waals surface area contributed by atoms with Gasteiger partial charge in [-0.3, -0.25) is 9.59 Å². The Bertz CT molecular complexity index is 879. The monoisotopic (exact) mass is 285 g/mol. The average Bonchev–Trinajstić information content (AvgIpc) is 2.85. The number of phenols is 1. The Morgan fingerprint density at radius 1 is 1.33 bits per heavy atom. The lowest BCUT2D eigenvalue weighted by molar-refractivity contribution is 0.101. The van der Waals surface area contributed by atoms with E-state index in [1.54, 1.807) is 19.1 Å². The van der Waals surface area contributed by atoms with Gasteiger partial charge >= 0.3 is 0 Å². The van der Waals surface area contributed by atoms with Gasteiger partial charge in [0.15, 0.2) is 0 Å². The van der Waals surface area contributed by atoms with Crippen molar-refractivity contribution in [2.24, 2.45) is 0 Å². The lowest BCUT2D eigenvalue weighted by atomic mass is 10.3. The van der Waals surface area contributed by atoms with Crippen LogP contribution in [0.5, 0.6) is 5.75 Å². The SMILES string of the molecule is Cc1cc(=O)n2nc(C(=O)Nc3ccc(O)cc3)nc2[nH]1. The maximum Gasteiger partial charge on any atom is 0.295 e. The van der Waals surface area contributed by atoms with Gasteiger partial charge in [0.2, 0.25) is 11.6 Å². The van der Waals surface area contributed by atoms with Crippen molar-refractivity contribution in [1.82, 2.24) is 19.6 Å². The lowest BCUT2D eigenvalue weighted by Gasteiger charge is -2.01. The molecular weight excluding hydrogens is 274 g/mol. The van der Waals surface area contributed by atoms with Gasteiger partial charge in [-0.15, -0.1) is 5.10 Å². The van der Waals surface area contributed by atoms with E-state index in [9.17, 15) is 14.7 Å². The zero-order valence-corrected chi connectivity index (χ0v) is 11.0. The number of H-pyrrole nitrogens is 1. The Balaban J connectivity index is 1.93. The number of phenolic OH excluding ortho intramolecular Hbond substituents is 1. The van der Waals surface area contributed by atoms with E-state index < -0.39 is 5.91 Å². The van der Waals surface area contributed by atoms with Gasteiger partial charge in [0.05, 0.1) is 0 Å². The summed E-state index contributed by atoms with van der Waals surface area (Å²) in [6.45, 7) is 1.71. The summed E-state index contributed by atoms with van der Waals surface area (Å²) in [6.07, 6.45) is 0. The highest BCUT2D eigenvalue weighted by molar-refractivity contribution is 6.01. The van der Waals surface area contributed by atoms with Gasteiger partial charge in [-0.25, -0.2) is 0 Å². The maximum absolute atomic E-state index is 12.0. The Morgan fingerprint density at radius 3 is 2.76 bits per heavy atom. The second-order valence-electron chi connectivity index (χ2n) is 4.46. The Hall–Kier alpha value is -3.16. The van der Waals surface area contributed by atoms with Crippen LogP contribution in [0.25, 0.3) is 5.78 Å². The highest BCUT2D eigenvalue weighted by Crippen LogP contribution is 2.14. The van der Waals surface area contributed by atoms with E-state index in [2.05, 4.69) is 20.4 Å². The third-order valence-electron chi connectivity index (χ3n) is 2.79. The fourth-order valence-electron chi connectivity index (χ4n) is 1.83. The fourth-order valence-corrected chi connectivity index (χ4v) is 1.83. The molecule has 3 rings (SSSR count). The van der Waals surface area contributed by atoms with Gasteiger partial charge in [-0.2, -0.15) is 9.50 Å². The first-order chi connectivity index (χ1) is 10.0. The first-order valence-corrected chi connectivity index (χ1v) is 6.10. The van der Waals surface area contributed by atoms with Crippen molar-refractivity contribution in [3.63, 3.8) is 0 Å². The molecule has 0 atom stereocenters. The van der Waals surface area contributed by atoms with E-state index in [0.717, 1.165) is 4.52 Å². The molecule has 0 saturated heterocycles. The summed E-state index contributed by atoms with van der Waals surface area (Å²) in [5, 5.41) is 15.6. The number of nitrogens with zero attached hydrogens (tertiary/aromatic N) is 3. The van der Waals surface area contributed by atoms with Crippen molar-refractivity contribution in [3.05, 3.63) is 52.2 Å². The minimum absolute atomic E-state index is 0.0972. The molecule has 0 aliphatic heterocycles. The number of benzene rings is 1. The maximum atomic E-state index is 12.0. The van der Waals surface area contributed by atoms with Crippen molar-refractivity contribution < 1.29 is 9.90 Å². The second kappa shape index (κ2) is 4.75. The molecule has 2 aromatic heterocycles. The van der Waals surface area contributed by atoms with Gasteiger partial charge in [0.25, 0.3) is 11.5 Å². The van der Waals surface area contributed by atoms with Crippen molar-refractivity contribution in [1.29, 1.82) is 0 Å². The number of aromatic nitrogens is 4. The molecular formula is C13H11N5O3. The van der Waals surface area contributed by atoms with E-state index in [1.165, 1.54) is 18.2 Å². The molecule has 0 spiro atoms. The van der Waals surface area contributed by atoms with Crippen LogP contribution in [0.4, 0.5) is 5.69 Å². The van der Waals surface area contributed by atoms with Crippen LogP contribution in [-0.2, 0) is 0 Å². The summed E-state index contributed by atoms with van der Waals surface area (Å²) < 4.78 is 1.03. The van der Waals surface area contributed by atoms with Gasteiger partial charge in [0.1, 0.15) is 5.75 Å². The molecule has 0 fully saturated rings. The molecule has 0 aliphatic rings. The Labute approximate surface area is 118 Å². The van der Waals surface area contributed by atoms with Crippen molar-refractivity contribution >= 4 is 17.4 Å². The molecule has 0 saturated carbocycles. The molecule has 8 nitrogen and oxygen atoms in total. The molecule has 3 aromatic rings. The number of hydrogen-bond acceptors (Lipinski definition) is 5. The van der Waals surface area contributed by atoms with Crippen LogP contribution in [0.15, 0.2) is 35.1 Å². The number of nitrogens with one attached hydrogen (secondary N) is 2. The van der Waals surface area contributed by atoms with Crippen LogP contribution in [0.1, 0.15) is 16.3 Å². The van der Waals surface area contributed by atoms with E-state index in [4.69, 9.17) is 0 Å². The fraction of sp³-hybridized carbons (Fsp3) is 0.0769. The average molecular weight is 285 g/mol. The van der Waals surface area contributed by atoms with Crippen LogP contribution in [0.2, 0.25) is 0 Å². The molecule has 0 radical (unpaired) electrons. The first kappa shape index (κ1) is 12.9. The summed E-state index contributed by atoms with van der Waals surface area (Å²) in [6, 6.07) is 7.33. The number of fused-ring (bicyclic) bond motifs is 1. The standard InChI is InChI=1S/C13H11N5O3/c1-7-6-10(20)18-13(14-7)16-11(17-18)12(21)15-8-2-4-9(19)5-3-8/h2-6,19H,1H3,(H,15,21)(H,14,16,17). The van der Waals surface area contributed by atoms with Crippen LogP contribution in [0.3, 0.4) is 0 Å². The number of aromatic amines is 1. The largest absolute Gasteiger partial charge is 0.508 e.